The Morgan fingerprint density at radius 1 is 1.41 bits per heavy atom. The van der Waals surface area contributed by atoms with Crippen LogP contribution in [-0.2, 0) is 17.6 Å². The second kappa shape index (κ2) is 5.14. The van der Waals surface area contributed by atoms with Gasteiger partial charge in [-0.3, -0.25) is 9.20 Å². The number of imidazole rings is 1. The first-order valence-corrected chi connectivity index (χ1v) is 8.19. The standard InChI is InChI=1S/C16H16N4OS/c17-13-4-1-5-14-12(13)3-2-6-20(14)15(21)9-11-10-19-7-8-22-16(19)18-11/h1,4-5,7-8,10H,2-3,6,9,17H2. The monoisotopic (exact) mass is 312 g/mol. The second-order valence-electron chi connectivity index (χ2n) is 5.50. The Morgan fingerprint density at radius 2 is 2.32 bits per heavy atom. The number of aromatic nitrogens is 2. The Labute approximate surface area is 132 Å². The number of hydrogen-bond acceptors (Lipinski definition) is 4. The van der Waals surface area contributed by atoms with E-state index in [1.54, 1.807) is 11.3 Å². The zero-order valence-corrected chi connectivity index (χ0v) is 12.8. The van der Waals surface area contributed by atoms with Crippen LogP contribution in [0.15, 0.2) is 36.0 Å². The summed E-state index contributed by atoms with van der Waals surface area (Å²) in [6, 6.07) is 5.79. The van der Waals surface area contributed by atoms with Crippen LogP contribution in [0, 0.1) is 0 Å². The number of amides is 1. The van der Waals surface area contributed by atoms with E-state index >= 15 is 0 Å². The quantitative estimate of drug-likeness (QED) is 0.740. The number of rotatable bonds is 2. The molecule has 0 saturated carbocycles. The van der Waals surface area contributed by atoms with Crippen molar-refractivity contribution in [2.45, 2.75) is 19.3 Å². The van der Waals surface area contributed by atoms with Gasteiger partial charge in [-0.05, 0) is 30.5 Å². The van der Waals surface area contributed by atoms with E-state index in [4.69, 9.17) is 5.73 Å². The molecule has 6 heteroatoms. The lowest BCUT2D eigenvalue weighted by molar-refractivity contribution is -0.118. The Bertz CT molecular complexity index is 822. The Hall–Kier alpha value is -2.34. The van der Waals surface area contributed by atoms with E-state index in [-0.39, 0.29) is 5.91 Å². The van der Waals surface area contributed by atoms with E-state index in [1.165, 1.54) is 0 Å². The number of fused-ring (bicyclic) bond motifs is 2. The molecule has 0 unspecified atom stereocenters. The van der Waals surface area contributed by atoms with Crippen LogP contribution in [-0.4, -0.2) is 21.8 Å². The normalized spacial score (nSPS) is 14.3. The average molecular weight is 312 g/mol. The maximum absolute atomic E-state index is 12.7. The van der Waals surface area contributed by atoms with E-state index in [0.717, 1.165) is 47.0 Å². The highest BCUT2D eigenvalue weighted by Crippen LogP contribution is 2.31. The summed E-state index contributed by atoms with van der Waals surface area (Å²) in [5.74, 6) is 0.0808. The third-order valence-corrected chi connectivity index (χ3v) is 4.83. The summed E-state index contributed by atoms with van der Waals surface area (Å²) in [7, 11) is 0. The summed E-state index contributed by atoms with van der Waals surface area (Å²) in [5.41, 5.74) is 9.68. The molecule has 0 bridgehead atoms. The summed E-state index contributed by atoms with van der Waals surface area (Å²) in [5, 5.41) is 1.98. The van der Waals surface area contributed by atoms with Crippen LogP contribution < -0.4 is 10.6 Å². The summed E-state index contributed by atoms with van der Waals surface area (Å²) in [4.78, 5) is 19.9. The molecule has 2 aromatic heterocycles. The molecule has 1 aromatic carbocycles. The molecule has 3 heterocycles. The molecule has 1 aliphatic rings. The lowest BCUT2D eigenvalue weighted by atomic mass is 9.99. The van der Waals surface area contributed by atoms with Crippen molar-refractivity contribution >= 4 is 33.6 Å². The summed E-state index contributed by atoms with van der Waals surface area (Å²) < 4.78 is 1.95. The molecule has 22 heavy (non-hydrogen) atoms. The van der Waals surface area contributed by atoms with Crippen molar-refractivity contribution in [2.24, 2.45) is 0 Å². The molecule has 112 valence electrons. The number of thiazole rings is 1. The zero-order valence-electron chi connectivity index (χ0n) is 12.0. The molecular formula is C16H16N4OS. The molecule has 0 fully saturated rings. The van der Waals surface area contributed by atoms with Gasteiger partial charge in [-0.2, -0.15) is 0 Å². The maximum Gasteiger partial charge on any atom is 0.233 e. The first-order valence-electron chi connectivity index (χ1n) is 7.31. The zero-order chi connectivity index (χ0) is 15.1. The molecule has 0 spiro atoms. The number of anilines is 2. The fourth-order valence-electron chi connectivity index (χ4n) is 3.02. The topological polar surface area (TPSA) is 63.6 Å². The van der Waals surface area contributed by atoms with E-state index in [1.807, 2.05) is 45.3 Å². The first-order chi connectivity index (χ1) is 10.7. The third-order valence-electron chi connectivity index (χ3n) is 4.06. The van der Waals surface area contributed by atoms with E-state index in [2.05, 4.69) is 4.98 Å². The van der Waals surface area contributed by atoms with Crippen LogP contribution in [0.3, 0.4) is 0 Å². The van der Waals surface area contributed by atoms with E-state index in [0.29, 0.717) is 6.42 Å². The number of nitrogens with zero attached hydrogens (tertiary/aromatic N) is 3. The van der Waals surface area contributed by atoms with Gasteiger partial charge in [0.2, 0.25) is 5.91 Å². The van der Waals surface area contributed by atoms with Gasteiger partial charge in [-0.1, -0.05) is 6.07 Å². The highest BCUT2D eigenvalue weighted by Gasteiger charge is 2.24. The third kappa shape index (κ3) is 2.16. The maximum atomic E-state index is 12.7. The van der Waals surface area contributed by atoms with E-state index < -0.39 is 0 Å². The van der Waals surface area contributed by atoms with Gasteiger partial charge in [-0.25, -0.2) is 4.98 Å². The predicted octanol–water partition coefficient (Wildman–Crippen LogP) is 2.50. The highest BCUT2D eigenvalue weighted by atomic mass is 32.1. The minimum absolute atomic E-state index is 0.0808. The van der Waals surface area contributed by atoms with Crippen molar-refractivity contribution in [1.29, 1.82) is 0 Å². The smallest absolute Gasteiger partial charge is 0.233 e. The first kappa shape index (κ1) is 13.3. The minimum atomic E-state index is 0.0808. The van der Waals surface area contributed by atoms with Crippen LogP contribution in [0.5, 0.6) is 0 Å². The highest BCUT2D eigenvalue weighted by molar-refractivity contribution is 7.15. The van der Waals surface area contributed by atoms with Gasteiger partial charge in [0.15, 0.2) is 4.96 Å². The Morgan fingerprint density at radius 3 is 3.18 bits per heavy atom. The van der Waals surface area contributed by atoms with Crippen molar-refractivity contribution in [3.8, 4) is 0 Å². The SMILES string of the molecule is Nc1cccc2c1CCCN2C(=O)Cc1cn2ccsc2n1. The van der Waals surface area contributed by atoms with Crippen LogP contribution in [0.2, 0.25) is 0 Å². The lowest BCUT2D eigenvalue weighted by Gasteiger charge is -2.30. The number of benzene rings is 1. The lowest BCUT2D eigenvalue weighted by Crippen LogP contribution is -2.36. The predicted molar refractivity (Wildman–Crippen MR) is 88.3 cm³/mol. The molecule has 0 radical (unpaired) electrons. The largest absolute Gasteiger partial charge is 0.398 e. The molecule has 0 atom stereocenters. The second-order valence-corrected chi connectivity index (χ2v) is 6.37. The fraction of sp³-hybridized carbons (Fsp3) is 0.250. The van der Waals surface area contributed by atoms with Crippen LogP contribution >= 0.6 is 11.3 Å². The molecular weight excluding hydrogens is 296 g/mol. The molecule has 3 aromatic rings. The van der Waals surface area contributed by atoms with Gasteiger partial charge < -0.3 is 10.6 Å². The molecule has 1 amide bonds. The van der Waals surface area contributed by atoms with Crippen molar-refractivity contribution in [1.82, 2.24) is 9.38 Å². The van der Waals surface area contributed by atoms with Crippen LogP contribution in [0.25, 0.3) is 4.96 Å². The minimum Gasteiger partial charge on any atom is -0.398 e. The summed E-state index contributed by atoms with van der Waals surface area (Å²) in [6.45, 7) is 0.748. The van der Waals surface area contributed by atoms with Crippen LogP contribution in [0.1, 0.15) is 17.7 Å². The Kier molecular flexibility index (Phi) is 3.11. The summed E-state index contributed by atoms with van der Waals surface area (Å²) in [6.07, 6.45) is 6.09. The number of carbonyl (C=O) groups is 1. The molecule has 1 aliphatic heterocycles. The van der Waals surface area contributed by atoms with Crippen LogP contribution in [0.4, 0.5) is 11.4 Å². The number of nitrogens with two attached hydrogens (primary N) is 1. The number of hydrogen-bond donors (Lipinski definition) is 1. The molecule has 5 nitrogen and oxygen atoms in total. The average Bonchev–Trinajstić information content (AvgIpc) is 3.08. The van der Waals surface area contributed by atoms with Gasteiger partial charge in [0, 0.05) is 35.7 Å². The fourth-order valence-corrected chi connectivity index (χ4v) is 3.74. The summed E-state index contributed by atoms with van der Waals surface area (Å²) >= 11 is 1.57. The van der Waals surface area contributed by atoms with E-state index in [9.17, 15) is 4.79 Å². The number of nitrogen functional groups attached to an aromatic ring is 1. The molecule has 2 N–H and O–H groups in total. The van der Waals surface area contributed by atoms with Gasteiger partial charge in [-0.15, -0.1) is 11.3 Å². The van der Waals surface area contributed by atoms with Crippen molar-refractivity contribution in [3.05, 3.63) is 47.2 Å². The van der Waals surface area contributed by atoms with Crippen molar-refractivity contribution in [3.63, 3.8) is 0 Å². The molecule has 4 rings (SSSR count). The van der Waals surface area contributed by atoms with Crippen molar-refractivity contribution < 1.29 is 4.79 Å². The van der Waals surface area contributed by atoms with Gasteiger partial charge >= 0.3 is 0 Å². The van der Waals surface area contributed by atoms with Gasteiger partial charge in [0.05, 0.1) is 12.1 Å². The molecule has 0 saturated heterocycles. The van der Waals surface area contributed by atoms with Gasteiger partial charge in [0.1, 0.15) is 0 Å². The number of carbonyl (C=O) groups excluding carboxylic acids is 1. The molecule has 0 aliphatic carbocycles. The Balaban J connectivity index is 1.61. The van der Waals surface area contributed by atoms with Crippen molar-refractivity contribution in [2.75, 3.05) is 17.2 Å². The van der Waals surface area contributed by atoms with Gasteiger partial charge in [0.25, 0.3) is 0 Å².